The van der Waals surface area contributed by atoms with E-state index in [9.17, 15) is 0 Å². The van der Waals surface area contributed by atoms with Gasteiger partial charge in [0.15, 0.2) is 0 Å². The summed E-state index contributed by atoms with van der Waals surface area (Å²) in [6.07, 6.45) is 8.78. The molecule has 0 aliphatic heterocycles. The summed E-state index contributed by atoms with van der Waals surface area (Å²) < 4.78 is 0. The molecule has 0 heteroatoms. The normalized spacial score (nSPS) is 11.3. The molecule has 4 rings (SSSR count). The van der Waals surface area contributed by atoms with Crippen LogP contribution in [0.3, 0.4) is 0 Å². The molecule has 0 bridgehead atoms. The first-order valence-corrected chi connectivity index (χ1v) is 9.55. The summed E-state index contributed by atoms with van der Waals surface area (Å²) >= 11 is 0. The number of rotatable bonds is 5. The Morgan fingerprint density at radius 1 is 0.393 bits per heavy atom. The van der Waals surface area contributed by atoms with E-state index in [2.05, 4.69) is 121 Å². The summed E-state index contributed by atoms with van der Waals surface area (Å²) in [5.41, 5.74) is 7.30. The van der Waals surface area contributed by atoms with E-state index < -0.39 is 0 Å². The van der Waals surface area contributed by atoms with Crippen molar-refractivity contribution in [1.29, 1.82) is 0 Å². The summed E-state index contributed by atoms with van der Waals surface area (Å²) in [7, 11) is 0. The molecule has 0 N–H and O–H groups in total. The molecule has 134 valence electrons. The van der Waals surface area contributed by atoms with E-state index in [-0.39, 0.29) is 0 Å². The molecule has 0 amide bonds. The van der Waals surface area contributed by atoms with Gasteiger partial charge >= 0.3 is 0 Å². The first kappa shape index (κ1) is 17.8. The molecular weight excluding hydrogens is 336 g/mol. The lowest BCUT2D eigenvalue weighted by atomic mass is 9.94. The zero-order chi connectivity index (χ0) is 19.0. The molecule has 0 unspecified atom stereocenters. The van der Waals surface area contributed by atoms with Crippen molar-refractivity contribution in [2.45, 2.75) is 0 Å². The minimum absolute atomic E-state index is 1.20. The Labute approximate surface area is 167 Å². The van der Waals surface area contributed by atoms with Crippen LogP contribution in [0.2, 0.25) is 0 Å². The van der Waals surface area contributed by atoms with Crippen LogP contribution in [-0.2, 0) is 0 Å². The Morgan fingerprint density at radius 3 is 1.54 bits per heavy atom. The monoisotopic (exact) mass is 358 g/mol. The van der Waals surface area contributed by atoms with Crippen LogP contribution in [0.25, 0.3) is 35.4 Å². The Kier molecular flexibility index (Phi) is 5.60. The summed E-state index contributed by atoms with van der Waals surface area (Å²) in [6, 6.07) is 37.9. The predicted molar refractivity (Wildman–Crippen MR) is 123 cm³/mol. The molecule has 0 aliphatic carbocycles. The van der Waals surface area contributed by atoms with Gasteiger partial charge in [-0.3, -0.25) is 0 Å². The van der Waals surface area contributed by atoms with Crippen LogP contribution in [0.5, 0.6) is 0 Å². The molecule has 0 heterocycles. The van der Waals surface area contributed by atoms with E-state index in [1.54, 1.807) is 0 Å². The predicted octanol–water partition coefficient (Wildman–Crippen LogP) is 7.69. The average molecular weight is 358 g/mol. The van der Waals surface area contributed by atoms with Gasteiger partial charge in [-0.05, 0) is 33.4 Å². The molecule has 0 aliphatic rings. The Morgan fingerprint density at radius 2 is 0.929 bits per heavy atom. The first-order chi connectivity index (χ1) is 13.9. The first-order valence-electron chi connectivity index (χ1n) is 9.55. The van der Waals surface area contributed by atoms with Gasteiger partial charge in [-0.1, -0.05) is 133 Å². The van der Waals surface area contributed by atoms with Gasteiger partial charge in [-0.2, -0.15) is 0 Å². The smallest absolute Gasteiger partial charge is 0.0105 e. The average Bonchev–Trinajstić information content (AvgIpc) is 2.78. The second-order valence-electron chi connectivity index (χ2n) is 6.66. The van der Waals surface area contributed by atoms with Gasteiger partial charge in [0.05, 0.1) is 0 Å². The molecule has 0 aromatic heterocycles. The highest BCUT2D eigenvalue weighted by atomic mass is 14.1. The molecule has 0 spiro atoms. The van der Waals surface area contributed by atoms with E-state index in [1.807, 2.05) is 12.1 Å². The minimum Gasteiger partial charge on any atom is -0.0622 e. The molecular formula is C28H22. The Balaban J connectivity index is 1.79. The molecule has 0 atom stereocenters. The van der Waals surface area contributed by atoms with Gasteiger partial charge in [0, 0.05) is 0 Å². The quantitative estimate of drug-likeness (QED) is 0.321. The van der Waals surface area contributed by atoms with Crippen LogP contribution >= 0.6 is 0 Å². The maximum Gasteiger partial charge on any atom is -0.0105 e. The third-order valence-corrected chi connectivity index (χ3v) is 4.72. The zero-order valence-corrected chi connectivity index (χ0v) is 15.7. The molecule has 0 radical (unpaired) electrons. The van der Waals surface area contributed by atoms with Gasteiger partial charge in [-0.25, -0.2) is 0 Å². The second-order valence-corrected chi connectivity index (χ2v) is 6.66. The lowest BCUT2D eigenvalue weighted by Crippen LogP contribution is -1.88. The van der Waals surface area contributed by atoms with E-state index in [0.717, 1.165) is 0 Å². The van der Waals surface area contributed by atoms with Crippen molar-refractivity contribution in [2.24, 2.45) is 0 Å². The molecule has 0 saturated carbocycles. The maximum atomic E-state index is 2.22. The van der Waals surface area contributed by atoms with Crippen LogP contribution in [0.4, 0.5) is 0 Å². The summed E-state index contributed by atoms with van der Waals surface area (Å²) in [4.78, 5) is 0. The van der Waals surface area contributed by atoms with Crippen molar-refractivity contribution in [3.8, 4) is 11.1 Å². The largest absolute Gasteiger partial charge is 0.0622 e. The van der Waals surface area contributed by atoms with E-state index in [4.69, 9.17) is 0 Å². The van der Waals surface area contributed by atoms with Crippen LogP contribution in [0.15, 0.2) is 109 Å². The lowest BCUT2D eigenvalue weighted by molar-refractivity contribution is 1.56. The highest BCUT2D eigenvalue weighted by Gasteiger charge is 2.06. The topological polar surface area (TPSA) is 0 Å². The van der Waals surface area contributed by atoms with Crippen molar-refractivity contribution in [1.82, 2.24) is 0 Å². The Bertz CT molecular complexity index is 1070. The van der Waals surface area contributed by atoms with Crippen molar-refractivity contribution in [3.05, 3.63) is 131 Å². The standard InChI is InChI=1S/C28H22/c1-4-11-23(12-5-1)19-21-26-17-10-18-27(25-15-8-3-9-16-25)28(26)22-20-24-13-6-2-7-14-24/h1-22H/b21-19+,22-20+. The molecule has 0 saturated heterocycles. The maximum absolute atomic E-state index is 2.22. The lowest BCUT2D eigenvalue weighted by Gasteiger charge is -2.10. The van der Waals surface area contributed by atoms with Gasteiger partial charge in [0.25, 0.3) is 0 Å². The fourth-order valence-electron chi connectivity index (χ4n) is 3.28. The number of benzene rings is 4. The zero-order valence-electron chi connectivity index (χ0n) is 15.7. The van der Waals surface area contributed by atoms with E-state index >= 15 is 0 Å². The highest BCUT2D eigenvalue weighted by molar-refractivity contribution is 5.87. The molecule has 0 nitrogen and oxygen atoms in total. The minimum atomic E-state index is 1.20. The third kappa shape index (κ3) is 4.36. The van der Waals surface area contributed by atoms with Crippen LogP contribution in [0.1, 0.15) is 22.3 Å². The SMILES string of the molecule is C(=C\c1cccc(-c2ccccc2)c1/C=C/c1ccccc1)/c1ccccc1. The molecule has 28 heavy (non-hydrogen) atoms. The van der Waals surface area contributed by atoms with Crippen molar-refractivity contribution >= 4 is 24.3 Å². The number of hydrogen-bond acceptors (Lipinski definition) is 0. The van der Waals surface area contributed by atoms with Gasteiger partial charge < -0.3 is 0 Å². The van der Waals surface area contributed by atoms with Crippen molar-refractivity contribution in [3.63, 3.8) is 0 Å². The fraction of sp³-hybridized carbons (Fsp3) is 0. The molecule has 4 aromatic carbocycles. The van der Waals surface area contributed by atoms with E-state index in [0.29, 0.717) is 0 Å². The summed E-state index contributed by atoms with van der Waals surface area (Å²) in [5, 5.41) is 0. The number of hydrogen-bond donors (Lipinski definition) is 0. The summed E-state index contributed by atoms with van der Waals surface area (Å²) in [6.45, 7) is 0. The van der Waals surface area contributed by atoms with Crippen LogP contribution in [-0.4, -0.2) is 0 Å². The van der Waals surface area contributed by atoms with Gasteiger partial charge in [0.1, 0.15) is 0 Å². The third-order valence-electron chi connectivity index (χ3n) is 4.72. The molecule has 0 fully saturated rings. The van der Waals surface area contributed by atoms with E-state index in [1.165, 1.54) is 33.4 Å². The van der Waals surface area contributed by atoms with Crippen LogP contribution in [0, 0.1) is 0 Å². The highest BCUT2D eigenvalue weighted by Crippen LogP contribution is 2.29. The van der Waals surface area contributed by atoms with Crippen molar-refractivity contribution < 1.29 is 0 Å². The Hall–Kier alpha value is -3.64. The van der Waals surface area contributed by atoms with Crippen LogP contribution < -0.4 is 0 Å². The fourth-order valence-corrected chi connectivity index (χ4v) is 3.28. The van der Waals surface area contributed by atoms with Gasteiger partial charge in [-0.15, -0.1) is 0 Å². The second kappa shape index (κ2) is 8.83. The molecule has 4 aromatic rings. The summed E-state index contributed by atoms with van der Waals surface area (Å²) in [5.74, 6) is 0. The van der Waals surface area contributed by atoms with Crippen molar-refractivity contribution in [2.75, 3.05) is 0 Å². The van der Waals surface area contributed by atoms with Gasteiger partial charge in [0.2, 0.25) is 0 Å².